The molecule has 13 heteroatoms. The molecule has 0 bridgehead atoms. The van der Waals surface area contributed by atoms with Crippen LogP contribution in [-0.2, 0) is 25.6 Å². The lowest BCUT2D eigenvalue weighted by Crippen LogP contribution is -2.28. The third-order valence-electron chi connectivity index (χ3n) is 7.04. The minimum absolute atomic E-state index is 0.164. The molecule has 2 amide bonds. The first-order chi connectivity index (χ1) is 22.0. The van der Waals surface area contributed by atoms with Gasteiger partial charge in [0.1, 0.15) is 11.7 Å². The van der Waals surface area contributed by atoms with E-state index in [1.165, 1.54) is 6.07 Å². The maximum absolute atomic E-state index is 13.2. The van der Waals surface area contributed by atoms with E-state index in [4.69, 9.17) is 14.2 Å². The van der Waals surface area contributed by atoms with Crippen LogP contribution < -0.4 is 15.5 Å². The molecule has 2 heterocycles. The van der Waals surface area contributed by atoms with E-state index in [-0.39, 0.29) is 24.3 Å². The number of nitrogens with zero attached hydrogens (tertiary/aromatic N) is 5. The average Bonchev–Trinajstić information content (AvgIpc) is 3.49. The van der Waals surface area contributed by atoms with Gasteiger partial charge in [0, 0.05) is 25.8 Å². The Bertz CT molecular complexity index is 1580. The minimum atomic E-state index is -0.757. The lowest BCUT2D eigenvalue weighted by Gasteiger charge is -2.24. The Labute approximate surface area is 268 Å². The summed E-state index contributed by atoms with van der Waals surface area (Å²) in [4.78, 5) is 41.0. The Hall–Kier alpha value is -4.80. The predicted molar refractivity (Wildman–Crippen MR) is 172 cm³/mol. The molecule has 0 aliphatic carbocycles. The van der Waals surface area contributed by atoms with Crippen LogP contribution in [0.5, 0.6) is 0 Å². The van der Waals surface area contributed by atoms with Crippen molar-refractivity contribution in [2.75, 3.05) is 35.7 Å². The molecule has 13 nitrogen and oxygen atoms in total. The monoisotopic (exact) mass is 631 g/mol. The summed E-state index contributed by atoms with van der Waals surface area (Å²) in [7, 11) is 1.84. The van der Waals surface area contributed by atoms with Crippen LogP contribution in [0.15, 0.2) is 42.6 Å². The lowest BCUT2D eigenvalue weighted by atomic mass is 10.1. The summed E-state index contributed by atoms with van der Waals surface area (Å²) in [6.45, 7) is 8.78. The number of carbonyl (C=O) groups excluding carboxylic acids is 3. The van der Waals surface area contributed by atoms with Gasteiger partial charge >= 0.3 is 6.09 Å². The number of anilines is 3. The van der Waals surface area contributed by atoms with Crippen LogP contribution in [-0.4, -0.2) is 64.9 Å². The van der Waals surface area contributed by atoms with E-state index >= 15 is 0 Å². The maximum atomic E-state index is 13.2. The Balaban J connectivity index is 1.50. The number of nitrogens with one attached hydrogen (secondary N) is 2. The molecule has 2 aromatic carbocycles. The van der Waals surface area contributed by atoms with Gasteiger partial charge < -0.3 is 24.4 Å². The van der Waals surface area contributed by atoms with Gasteiger partial charge in [0.15, 0.2) is 12.1 Å². The maximum Gasteiger partial charge on any atom is 0.412 e. The number of ether oxygens (including phenoxy) is 3. The molecule has 2 N–H and O–H groups in total. The molecule has 1 fully saturated rings. The third-order valence-corrected chi connectivity index (χ3v) is 7.04. The van der Waals surface area contributed by atoms with Crippen molar-refractivity contribution in [1.29, 1.82) is 5.26 Å². The highest BCUT2D eigenvalue weighted by Crippen LogP contribution is 2.32. The van der Waals surface area contributed by atoms with Crippen molar-refractivity contribution in [2.24, 2.45) is 0 Å². The summed E-state index contributed by atoms with van der Waals surface area (Å²) in [6.07, 6.45) is 3.82. The van der Waals surface area contributed by atoms with Gasteiger partial charge in [0.2, 0.25) is 5.91 Å². The lowest BCUT2D eigenvalue weighted by molar-refractivity contribution is -0.169. The quantitative estimate of drug-likeness (QED) is 0.191. The number of aromatic nitrogens is 3. The van der Waals surface area contributed by atoms with Crippen molar-refractivity contribution in [3.8, 4) is 11.8 Å². The second-order valence-electron chi connectivity index (χ2n) is 12.0. The molecule has 1 aliphatic heterocycles. The first-order valence-electron chi connectivity index (χ1n) is 15.3. The SMILES string of the molecule is CCCN(C)c1cc(NC(=O)OC(C)(C)C)c(NC(=O)CC(=O)c2cccc(-n3nncc3COC3CCCCO3)c2)cc1C#N. The van der Waals surface area contributed by atoms with Gasteiger partial charge in [-0.2, -0.15) is 5.26 Å². The molecule has 1 aliphatic rings. The van der Waals surface area contributed by atoms with Gasteiger partial charge in [-0.25, -0.2) is 9.48 Å². The first kappa shape index (κ1) is 34.1. The van der Waals surface area contributed by atoms with E-state index in [1.54, 1.807) is 62.0 Å². The van der Waals surface area contributed by atoms with Crippen molar-refractivity contribution < 1.29 is 28.6 Å². The fourth-order valence-electron chi connectivity index (χ4n) is 4.92. The first-order valence-corrected chi connectivity index (χ1v) is 15.3. The highest BCUT2D eigenvalue weighted by atomic mass is 16.7. The summed E-state index contributed by atoms with van der Waals surface area (Å²) in [5.41, 5.74) is 2.07. The Morgan fingerprint density at radius 2 is 1.93 bits per heavy atom. The van der Waals surface area contributed by atoms with Crippen LogP contribution in [0.1, 0.15) is 81.4 Å². The molecule has 46 heavy (non-hydrogen) atoms. The van der Waals surface area contributed by atoms with Gasteiger partial charge in [-0.1, -0.05) is 24.3 Å². The molecule has 1 unspecified atom stereocenters. The normalized spacial score (nSPS) is 14.7. The van der Waals surface area contributed by atoms with Crippen LogP contribution in [0.4, 0.5) is 21.9 Å². The van der Waals surface area contributed by atoms with Gasteiger partial charge in [-0.15, -0.1) is 5.10 Å². The number of rotatable bonds is 12. The van der Waals surface area contributed by atoms with Crippen molar-refractivity contribution >= 4 is 34.8 Å². The summed E-state index contributed by atoms with van der Waals surface area (Å²) in [5, 5.41) is 23.4. The highest BCUT2D eigenvalue weighted by Gasteiger charge is 2.22. The number of carbonyl (C=O) groups is 3. The summed E-state index contributed by atoms with van der Waals surface area (Å²) in [5.74, 6) is -1.06. The fourth-order valence-corrected chi connectivity index (χ4v) is 4.92. The van der Waals surface area contributed by atoms with Gasteiger partial charge in [-0.3, -0.25) is 14.9 Å². The van der Waals surface area contributed by atoms with Crippen molar-refractivity contribution in [2.45, 2.75) is 78.3 Å². The number of Topliss-reactive ketones (excluding diaryl/α,β-unsaturated/α-hetero) is 1. The molecule has 0 radical (unpaired) electrons. The fraction of sp³-hybridized carbons (Fsp3) is 0.455. The average molecular weight is 632 g/mol. The molecule has 244 valence electrons. The van der Waals surface area contributed by atoms with Crippen molar-refractivity contribution in [3.05, 3.63) is 59.4 Å². The number of benzene rings is 2. The summed E-state index contributed by atoms with van der Waals surface area (Å²) >= 11 is 0. The van der Waals surface area contributed by atoms with Crippen LogP contribution >= 0.6 is 0 Å². The third kappa shape index (κ3) is 9.35. The van der Waals surface area contributed by atoms with Crippen LogP contribution in [0.25, 0.3) is 5.69 Å². The number of ketones is 1. The molecule has 1 aromatic heterocycles. The number of amides is 2. The Morgan fingerprint density at radius 1 is 1.15 bits per heavy atom. The zero-order valence-electron chi connectivity index (χ0n) is 27.0. The van der Waals surface area contributed by atoms with E-state index in [0.717, 1.165) is 25.7 Å². The summed E-state index contributed by atoms with van der Waals surface area (Å²) < 4.78 is 18.5. The summed E-state index contributed by atoms with van der Waals surface area (Å²) in [6, 6.07) is 12.0. The predicted octanol–water partition coefficient (Wildman–Crippen LogP) is 5.59. The smallest absolute Gasteiger partial charge is 0.412 e. The largest absolute Gasteiger partial charge is 0.444 e. The van der Waals surface area contributed by atoms with Crippen LogP contribution in [0.2, 0.25) is 0 Å². The number of nitriles is 1. The standard InChI is InChI=1S/C33H41N7O6/c1-6-13-39(5)28-17-27(37-32(43)46-33(2,3)4)26(16-23(28)19-34)36-30(42)18-29(41)22-10-9-11-24(15-22)40-25(20-35-38-40)21-45-31-12-7-8-14-44-31/h9-11,15-17,20,31H,6-8,12-14,18,21H2,1-5H3,(H,36,42)(H,37,43). The van der Waals surface area contributed by atoms with E-state index in [0.29, 0.717) is 41.3 Å². The van der Waals surface area contributed by atoms with Gasteiger partial charge in [0.25, 0.3) is 0 Å². The molecular weight excluding hydrogens is 590 g/mol. The Kier molecular flexibility index (Phi) is 11.5. The molecule has 4 rings (SSSR count). The Morgan fingerprint density at radius 3 is 2.63 bits per heavy atom. The number of hydrogen-bond donors (Lipinski definition) is 2. The van der Waals surface area contributed by atoms with E-state index in [9.17, 15) is 19.6 Å². The second-order valence-corrected chi connectivity index (χ2v) is 12.0. The van der Waals surface area contributed by atoms with Crippen LogP contribution in [0.3, 0.4) is 0 Å². The molecule has 3 aromatic rings. The van der Waals surface area contributed by atoms with Crippen molar-refractivity contribution in [3.63, 3.8) is 0 Å². The molecule has 1 atom stereocenters. The highest BCUT2D eigenvalue weighted by molar-refractivity contribution is 6.12. The van der Waals surface area contributed by atoms with Crippen LogP contribution in [0, 0.1) is 11.3 Å². The van der Waals surface area contributed by atoms with E-state index < -0.39 is 29.8 Å². The van der Waals surface area contributed by atoms with E-state index in [1.807, 2.05) is 18.9 Å². The molecular formula is C33H41N7O6. The number of hydrogen-bond acceptors (Lipinski definition) is 10. The molecule has 1 saturated heterocycles. The molecule has 0 saturated carbocycles. The molecule has 0 spiro atoms. The zero-order chi connectivity index (χ0) is 33.3. The van der Waals surface area contributed by atoms with Gasteiger partial charge in [-0.05, 0) is 70.7 Å². The van der Waals surface area contributed by atoms with E-state index in [2.05, 4.69) is 27.0 Å². The zero-order valence-corrected chi connectivity index (χ0v) is 27.0. The van der Waals surface area contributed by atoms with Crippen molar-refractivity contribution in [1.82, 2.24) is 15.0 Å². The topological polar surface area (TPSA) is 161 Å². The minimum Gasteiger partial charge on any atom is -0.444 e. The van der Waals surface area contributed by atoms with Gasteiger partial charge in [0.05, 0.1) is 53.2 Å². The second kappa shape index (κ2) is 15.5.